The molecule has 1 rings (SSSR count). The molecule has 0 saturated carbocycles. The van der Waals surface area contributed by atoms with Gasteiger partial charge in [-0.3, -0.25) is 0 Å². The highest BCUT2D eigenvalue weighted by Gasteiger charge is 2.31. The van der Waals surface area contributed by atoms with Crippen LogP contribution < -0.4 is 0 Å². The van der Waals surface area contributed by atoms with E-state index in [2.05, 4.69) is 25.3 Å². The second kappa shape index (κ2) is 3.15. The van der Waals surface area contributed by atoms with Gasteiger partial charge in [0.15, 0.2) is 0 Å². The molecule has 0 radical (unpaired) electrons. The van der Waals surface area contributed by atoms with Crippen molar-refractivity contribution >= 4 is 28.3 Å². The third-order valence-electron chi connectivity index (χ3n) is 1.89. The molecule has 0 N–H and O–H groups in total. The van der Waals surface area contributed by atoms with Gasteiger partial charge in [-0.1, -0.05) is 44.4 Å². The van der Waals surface area contributed by atoms with Gasteiger partial charge in [0, 0.05) is 12.0 Å². The summed E-state index contributed by atoms with van der Waals surface area (Å²) in [6, 6.07) is 0.437. The average molecular weight is 187 g/mol. The smallest absolute Gasteiger partial charge is 0.141 e. The van der Waals surface area contributed by atoms with Gasteiger partial charge in [0.1, 0.15) is 4.32 Å². The van der Waals surface area contributed by atoms with Gasteiger partial charge in [-0.2, -0.15) is 0 Å². The fourth-order valence-electron chi connectivity index (χ4n) is 1.39. The van der Waals surface area contributed by atoms with E-state index in [1.165, 1.54) is 4.91 Å². The van der Waals surface area contributed by atoms with Crippen LogP contribution in [0.4, 0.5) is 0 Å². The normalized spacial score (nSPS) is 25.5. The molecule has 1 nitrogen and oxygen atoms in total. The molecular formula is C8H13NS2. The number of nitrogens with zero attached hydrogens (tertiary/aromatic N) is 1. The van der Waals surface area contributed by atoms with Crippen LogP contribution in [-0.2, 0) is 0 Å². The molecule has 11 heavy (non-hydrogen) atoms. The Balaban J connectivity index is 2.79. The zero-order valence-electron chi connectivity index (χ0n) is 7.13. The van der Waals surface area contributed by atoms with Gasteiger partial charge in [-0.25, -0.2) is 0 Å². The minimum absolute atomic E-state index is 0.437. The first-order valence-corrected chi connectivity index (χ1v) is 4.90. The molecular weight excluding hydrogens is 174 g/mol. The first kappa shape index (κ1) is 9.07. The Kier molecular flexibility index (Phi) is 2.60. The molecule has 0 aromatic heterocycles. The van der Waals surface area contributed by atoms with Crippen molar-refractivity contribution in [1.29, 1.82) is 0 Å². The zero-order chi connectivity index (χ0) is 8.59. The second-order valence-corrected chi connectivity index (χ2v) is 4.89. The molecule has 0 bridgehead atoms. The third kappa shape index (κ3) is 1.59. The topological polar surface area (TPSA) is 3.24 Å². The monoisotopic (exact) mass is 187 g/mol. The molecule has 1 fully saturated rings. The molecule has 0 aromatic rings. The van der Waals surface area contributed by atoms with Crippen molar-refractivity contribution in [3.8, 4) is 0 Å². The Labute approximate surface area is 77.8 Å². The van der Waals surface area contributed by atoms with E-state index in [0.29, 0.717) is 12.0 Å². The average Bonchev–Trinajstić information content (AvgIpc) is 2.07. The molecule has 62 valence electrons. The van der Waals surface area contributed by atoms with Gasteiger partial charge in [0.05, 0.1) is 6.04 Å². The predicted molar refractivity (Wildman–Crippen MR) is 55.7 cm³/mol. The Hall–Kier alpha value is -0.0200. The van der Waals surface area contributed by atoms with Crippen LogP contribution in [0.25, 0.3) is 0 Å². The SMILES string of the molecule is C=C1SC(=S)N(C)C1C(C)C. The summed E-state index contributed by atoms with van der Waals surface area (Å²) in [7, 11) is 2.04. The zero-order valence-corrected chi connectivity index (χ0v) is 8.76. The van der Waals surface area contributed by atoms with E-state index in [1.807, 2.05) is 7.05 Å². The standard InChI is InChI=1S/C8H13NS2/c1-5(2)7-6(3)11-8(10)9(7)4/h5,7H,3H2,1-2,4H3. The summed E-state index contributed by atoms with van der Waals surface area (Å²) in [5.41, 5.74) is 0. The van der Waals surface area contributed by atoms with Crippen molar-refractivity contribution in [3.05, 3.63) is 11.5 Å². The summed E-state index contributed by atoms with van der Waals surface area (Å²) >= 11 is 6.77. The van der Waals surface area contributed by atoms with E-state index in [-0.39, 0.29) is 0 Å². The molecule has 1 heterocycles. The van der Waals surface area contributed by atoms with Crippen molar-refractivity contribution in [3.63, 3.8) is 0 Å². The van der Waals surface area contributed by atoms with Gasteiger partial charge in [-0.05, 0) is 5.92 Å². The fourth-order valence-corrected chi connectivity index (χ4v) is 2.86. The highest BCUT2D eigenvalue weighted by molar-refractivity contribution is 8.25. The van der Waals surface area contributed by atoms with Crippen LogP contribution >= 0.6 is 24.0 Å². The van der Waals surface area contributed by atoms with Crippen molar-refractivity contribution < 1.29 is 0 Å². The number of hydrogen-bond acceptors (Lipinski definition) is 2. The van der Waals surface area contributed by atoms with Crippen LogP contribution in [0.1, 0.15) is 13.8 Å². The maximum Gasteiger partial charge on any atom is 0.141 e. The number of thiocarbonyl (C=S) groups is 1. The summed E-state index contributed by atoms with van der Waals surface area (Å²) in [6.45, 7) is 8.38. The van der Waals surface area contributed by atoms with Crippen molar-refractivity contribution in [2.24, 2.45) is 5.92 Å². The summed E-state index contributed by atoms with van der Waals surface area (Å²) < 4.78 is 0.953. The van der Waals surface area contributed by atoms with Crippen LogP contribution in [0.2, 0.25) is 0 Å². The van der Waals surface area contributed by atoms with Gasteiger partial charge in [0.25, 0.3) is 0 Å². The van der Waals surface area contributed by atoms with E-state index in [1.54, 1.807) is 11.8 Å². The minimum atomic E-state index is 0.437. The number of likely N-dealkylation sites (N-methyl/N-ethyl adjacent to an activating group) is 1. The summed E-state index contributed by atoms with van der Waals surface area (Å²) in [5.74, 6) is 0.598. The van der Waals surface area contributed by atoms with Crippen LogP contribution in [-0.4, -0.2) is 22.3 Å². The van der Waals surface area contributed by atoms with Crippen LogP contribution in [0.15, 0.2) is 11.5 Å². The molecule has 0 amide bonds. The largest absolute Gasteiger partial charge is 0.352 e. The van der Waals surface area contributed by atoms with Crippen LogP contribution in [0.5, 0.6) is 0 Å². The predicted octanol–water partition coefficient (Wildman–Crippen LogP) is 2.49. The number of hydrogen-bond donors (Lipinski definition) is 0. The molecule has 1 saturated heterocycles. The number of rotatable bonds is 1. The van der Waals surface area contributed by atoms with Gasteiger partial charge in [0.2, 0.25) is 0 Å². The fraction of sp³-hybridized carbons (Fsp3) is 0.625. The number of thioether (sulfide) groups is 1. The lowest BCUT2D eigenvalue weighted by molar-refractivity contribution is 0.354. The highest BCUT2D eigenvalue weighted by Crippen LogP contribution is 2.36. The molecule has 0 aromatic carbocycles. The van der Waals surface area contributed by atoms with Crippen LogP contribution in [0, 0.1) is 5.92 Å². The van der Waals surface area contributed by atoms with E-state index in [4.69, 9.17) is 12.2 Å². The Morgan fingerprint density at radius 1 is 1.64 bits per heavy atom. The van der Waals surface area contributed by atoms with Gasteiger partial charge >= 0.3 is 0 Å². The minimum Gasteiger partial charge on any atom is -0.352 e. The lowest BCUT2D eigenvalue weighted by Gasteiger charge is -2.23. The van der Waals surface area contributed by atoms with Crippen molar-refractivity contribution in [2.75, 3.05) is 7.05 Å². The third-order valence-corrected chi connectivity index (χ3v) is 3.39. The first-order valence-electron chi connectivity index (χ1n) is 3.67. The van der Waals surface area contributed by atoms with E-state index >= 15 is 0 Å². The van der Waals surface area contributed by atoms with E-state index in [9.17, 15) is 0 Å². The summed E-state index contributed by atoms with van der Waals surface area (Å²) in [6.07, 6.45) is 0. The maximum absolute atomic E-state index is 5.14. The Bertz CT molecular complexity index is 198. The molecule has 1 unspecified atom stereocenters. The maximum atomic E-state index is 5.14. The summed E-state index contributed by atoms with van der Waals surface area (Å²) in [5, 5.41) is 0. The quantitative estimate of drug-likeness (QED) is 0.581. The Morgan fingerprint density at radius 3 is 2.36 bits per heavy atom. The molecule has 1 atom stereocenters. The molecule has 1 aliphatic rings. The van der Waals surface area contributed by atoms with Crippen LogP contribution in [0.3, 0.4) is 0 Å². The van der Waals surface area contributed by atoms with E-state index in [0.717, 1.165) is 4.32 Å². The molecule has 3 heteroatoms. The highest BCUT2D eigenvalue weighted by atomic mass is 32.2. The van der Waals surface area contributed by atoms with Crippen molar-refractivity contribution in [2.45, 2.75) is 19.9 Å². The lowest BCUT2D eigenvalue weighted by Crippen LogP contribution is -2.32. The van der Waals surface area contributed by atoms with Gasteiger partial charge in [-0.15, -0.1) is 0 Å². The van der Waals surface area contributed by atoms with E-state index < -0.39 is 0 Å². The Morgan fingerprint density at radius 2 is 2.18 bits per heavy atom. The molecule has 0 spiro atoms. The lowest BCUT2D eigenvalue weighted by atomic mass is 10.0. The molecule has 1 aliphatic heterocycles. The van der Waals surface area contributed by atoms with Crippen molar-refractivity contribution in [1.82, 2.24) is 4.90 Å². The van der Waals surface area contributed by atoms with Gasteiger partial charge < -0.3 is 4.90 Å². The second-order valence-electron chi connectivity index (χ2n) is 3.13. The first-order chi connectivity index (χ1) is 5.04. The summed E-state index contributed by atoms with van der Waals surface area (Å²) in [4.78, 5) is 3.32. The molecule has 0 aliphatic carbocycles.